The molecule has 0 radical (unpaired) electrons. The summed E-state index contributed by atoms with van der Waals surface area (Å²) < 4.78 is 1.17. The van der Waals surface area contributed by atoms with Crippen molar-refractivity contribution in [1.82, 2.24) is 0 Å². The molecule has 0 aliphatic carbocycles. The molecule has 0 saturated heterocycles. The van der Waals surface area contributed by atoms with Gasteiger partial charge in [-0.1, -0.05) is 22.0 Å². The van der Waals surface area contributed by atoms with Gasteiger partial charge in [-0.2, -0.15) is 11.8 Å². The van der Waals surface area contributed by atoms with Crippen LogP contribution in [-0.2, 0) is 5.75 Å². The van der Waals surface area contributed by atoms with Crippen LogP contribution in [0.3, 0.4) is 0 Å². The van der Waals surface area contributed by atoms with Crippen molar-refractivity contribution < 1.29 is 5.73 Å². The smallest absolute Gasteiger partial charge is 0.119 e. The van der Waals surface area contributed by atoms with Gasteiger partial charge in [0.1, 0.15) is 6.04 Å². The summed E-state index contributed by atoms with van der Waals surface area (Å²) in [6, 6.07) is 6.98. The summed E-state index contributed by atoms with van der Waals surface area (Å²) in [6.45, 7) is 0. The highest BCUT2D eigenvalue weighted by molar-refractivity contribution is 9.10. The van der Waals surface area contributed by atoms with Crippen LogP contribution in [0.1, 0.15) is 17.2 Å². The van der Waals surface area contributed by atoms with Gasteiger partial charge in [0, 0.05) is 15.8 Å². The maximum absolute atomic E-state index is 4.14. The summed E-state index contributed by atoms with van der Waals surface area (Å²) in [5.74, 6) is 2.30. The van der Waals surface area contributed by atoms with Gasteiger partial charge in [-0.05, 0) is 17.7 Å². The lowest BCUT2D eigenvalue weighted by Crippen LogP contribution is -2.55. The van der Waals surface area contributed by atoms with Crippen LogP contribution >= 0.6 is 27.7 Å². The molecule has 2 rings (SSSR count). The van der Waals surface area contributed by atoms with Crippen molar-refractivity contribution >= 4 is 27.7 Å². The van der Waals surface area contributed by atoms with Gasteiger partial charge in [-0.15, -0.1) is 0 Å². The van der Waals surface area contributed by atoms with Gasteiger partial charge >= 0.3 is 0 Å². The molecular weight excluding hydrogens is 234 g/mol. The third kappa shape index (κ3) is 1.53. The standard InChI is InChI=1S/C9H10BrNS/c10-7-2-1-6-4-12-5-9(11)8(6)3-7/h1-3,9H,4-5,11H2/p+1. The molecule has 3 heteroatoms. The highest BCUT2D eigenvalue weighted by Gasteiger charge is 2.19. The van der Waals surface area contributed by atoms with E-state index in [9.17, 15) is 0 Å². The van der Waals surface area contributed by atoms with Gasteiger partial charge < -0.3 is 5.73 Å². The van der Waals surface area contributed by atoms with Crippen LogP contribution in [-0.4, -0.2) is 5.75 Å². The van der Waals surface area contributed by atoms with Gasteiger partial charge in [-0.3, -0.25) is 0 Å². The van der Waals surface area contributed by atoms with E-state index in [4.69, 9.17) is 0 Å². The Labute approximate surface area is 84.9 Å². The Balaban J connectivity index is 2.47. The quantitative estimate of drug-likeness (QED) is 0.743. The van der Waals surface area contributed by atoms with Gasteiger partial charge in [0.15, 0.2) is 0 Å². The highest BCUT2D eigenvalue weighted by Crippen LogP contribution is 2.30. The number of benzene rings is 1. The predicted octanol–water partition coefficient (Wildman–Crippen LogP) is 1.98. The van der Waals surface area contributed by atoms with Crippen LogP contribution in [0.2, 0.25) is 0 Å². The molecule has 1 aromatic carbocycles. The van der Waals surface area contributed by atoms with Crippen LogP contribution in [0, 0.1) is 0 Å². The summed E-state index contributed by atoms with van der Waals surface area (Å²) in [5.41, 5.74) is 7.01. The zero-order chi connectivity index (χ0) is 8.55. The van der Waals surface area contributed by atoms with E-state index in [2.05, 4.69) is 39.9 Å². The Bertz CT molecular complexity index is 301. The van der Waals surface area contributed by atoms with Crippen molar-refractivity contribution in [3.8, 4) is 0 Å². The lowest BCUT2D eigenvalue weighted by atomic mass is 10.0. The lowest BCUT2D eigenvalue weighted by Gasteiger charge is -2.19. The minimum atomic E-state index is 0.469. The second kappa shape index (κ2) is 3.40. The van der Waals surface area contributed by atoms with Crippen molar-refractivity contribution in [1.29, 1.82) is 0 Å². The average Bonchev–Trinajstić information content (AvgIpc) is 2.07. The Kier molecular flexibility index (Phi) is 2.44. The molecule has 1 aliphatic heterocycles. The van der Waals surface area contributed by atoms with Gasteiger partial charge in [0.2, 0.25) is 0 Å². The van der Waals surface area contributed by atoms with Crippen molar-refractivity contribution in [2.24, 2.45) is 0 Å². The van der Waals surface area contributed by atoms with Crippen LogP contribution in [0.25, 0.3) is 0 Å². The summed E-state index contributed by atoms with van der Waals surface area (Å²) in [6.07, 6.45) is 0. The van der Waals surface area contributed by atoms with E-state index in [1.807, 2.05) is 11.8 Å². The number of quaternary nitrogens is 1. The first-order valence-electron chi connectivity index (χ1n) is 3.96. The zero-order valence-electron chi connectivity index (χ0n) is 6.72. The monoisotopic (exact) mass is 244 g/mol. The molecule has 0 spiro atoms. The molecule has 1 aliphatic rings. The van der Waals surface area contributed by atoms with E-state index in [0.717, 1.165) is 11.5 Å². The molecule has 1 aromatic rings. The third-order valence-electron chi connectivity index (χ3n) is 2.12. The van der Waals surface area contributed by atoms with Crippen LogP contribution in [0.15, 0.2) is 22.7 Å². The van der Waals surface area contributed by atoms with E-state index >= 15 is 0 Å². The number of fused-ring (bicyclic) bond motifs is 1. The summed E-state index contributed by atoms with van der Waals surface area (Å²) in [4.78, 5) is 0. The number of hydrogen-bond donors (Lipinski definition) is 1. The second-order valence-electron chi connectivity index (χ2n) is 3.06. The first-order valence-corrected chi connectivity index (χ1v) is 5.91. The molecule has 0 saturated carbocycles. The van der Waals surface area contributed by atoms with E-state index in [-0.39, 0.29) is 0 Å². The largest absolute Gasteiger partial charge is 0.351 e. The molecule has 0 amide bonds. The fourth-order valence-electron chi connectivity index (χ4n) is 1.48. The second-order valence-corrected chi connectivity index (χ2v) is 5.00. The normalized spacial score (nSPS) is 22.0. The fourth-order valence-corrected chi connectivity index (χ4v) is 2.92. The molecule has 1 heterocycles. The molecular formula is C9H11BrNS+. The number of thioether (sulfide) groups is 1. The van der Waals surface area contributed by atoms with Crippen molar-refractivity contribution in [2.75, 3.05) is 5.75 Å². The number of halogens is 1. The molecule has 1 nitrogen and oxygen atoms in total. The van der Waals surface area contributed by atoms with Crippen LogP contribution in [0.4, 0.5) is 0 Å². The Morgan fingerprint density at radius 1 is 1.50 bits per heavy atom. The Morgan fingerprint density at radius 2 is 2.33 bits per heavy atom. The maximum Gasteiger partial charge on any atom is 0.119 e. The van der Waals surface area contributed by atoms with E-state index in [1.54, 1.807) is 0 Å². The van der Waals surface area contributed by atoms with Crippen molar-refractivity contribution in [3.63, 3.8) is 0 Å². The maximum atomic E-state index is 4.14. The lowest BCUT2D eigenvalue weighted by molar-refractivity contribution is -0.418. The average molecular weight is 245 g/mol. The van der Waals surface area contributed by atoms with Crippen molar-refractivity contribution in [2.45, 2.75) is 11.8 Å². The molecule has 0 bridgehead atoms. The van der Waals surface area contributed by atoms with Gasteiger partial charge in [0.05, 0.1) is 5.75 Å². The fraction of sp³-hybridized carbons (Fsp3) is 0.333. The molecule has 12 heavy (non-hydrogen) atoms. The molecule has 0 fully saturated rings. The number of hydrogen-bond acceptors (Lipinski definition) is 1. The third-order valence-corrected chi connectivity index (χ3v) is 3.77. The Morgan fingerprint density at radius 3 is 3.17 bits per heavy atom. The summed E-state index contributed by atoms with van der Waals surface area (Å²) >= 11 is 5.46. The minimum Gasteiger partial charge on any atom is -0.351 e. The van der Waals surface area contributed by atoms with Gasteiger partial charge in [0.25, 0.3) is 0 Å². The Hall–Kier alpha value is 0.01000. The van der Waals surface area contributed by atoms with Gasteiger partial charge in [-0.25, -0.2) is 0 Å². The van der Waals surface area contributed by atoms with E-state index < -0.39 is 0 Å². The summed E-state index contributed by atoms with van der Waals surface area (Å²) in [7, 11) is 0. The highest BCUT2D eigenvalue weighted by atomic mass is 79.9. The van der Waals surface area contributed by atoms with E-state index in [1.165, 1.54) is 15.6 Å². The number of rotatable bonds is 0. The van der Waals surface area contributed by atoms with E-state index in [0.29, 0.717) is 6.04 Å². The van der Waals surface area contributed by atoms with Crippen LogP contribution < -0.4 is 5.73 Å². The predicted molar refractivity (Wildman–Crippen MR) is 55.9 cm³/mol. The summed E-state index contributed by atoms with van der Waals surface area (Å²) in [5, 5.41) is 0. The van der Waals surface area contributed by atoms with Crippen molar-refractivity contribution in [3.05, 3.63) is 33.8 Å². The molecule has 1 atom stereocenters. The zero-order valence-corrected chi connectivity index (χ0v) is 9.12. The van der Waals surface area contributed by atoms with Crippen LogP contribution in [0.5, 0.6) is 0 Å². The minimum absolute atomic E-state index is 0.469. The topological polar surface area (TPSA) is 27.6 Å². The molecule has 64 valence electrons. The molecule has 3 N–H and O–H groups in total. The molecule has 0 aromatic heterocycles. The first-order chi connectivity index (χ1) is 5.77. The SMILES string of the molecule is [NH3+]C1CSCc2ccc(Br)cc21. The molecule has 1 unspecified atom stereocenters. The first kappa shape index (κ1) is 8.60.